The molecule has 0 saturated carbocycles. The number of hydrogen-bond acceptors (Lipinski definition) is 10. The van der Waals surface area contributed by atoms with E-state index < -0.39 is 0 Å². The molecule has 31 heavy (non-hydrogen) atoms. The fraction of sp³-hybridized carbons (Fsp3) is 0.300. The predicted molar refractivity (Wildman–Crippen MR) is 124 cm³/mol. The third-order valence-electron chi connectivity index (χ3n) is 4.65. The molecule has 1 aromatic carbocycles. The Balaban J connectivity index is 1.35. The molecule has 4 rings (SSSR count). The summed E-state index contributed by atoms with van der Waals surface area (Å²) in [5.74, 6) is 1.37. The van der Waals surface area contributed by atoms with Gasteiger partial charge in [-0.2, -0.15) is 0 Å². The molecule has 0 radical (unpaired) electrons. The Hall–Kier alpha value is -3.05. The quantitative estimate of drug-likeness (QED) is 0.386. The number of thiazole rings is 1. The Kier molecular flexibility index (Phi) is 6.42. The highest BCUT2D eigenvalue weighted by Crippen LogP contribution is 2.27. The van der Waals surface area contributed by atoms with E-state index in [0.29, 0.717) is 23.3 Å². The van der Waals surface area contributed by atoms with Crippen LogP contribution in [0.3, 0.4) is 0 Å². The van der Waals surface area contributed by atoms with Crippen molar-refractivity contribution in [1.82, 2.24) is 29.7 Å². The molecule has 0 amide bonds. The Morgan fingerprint density at radius 1 is 1.23 bits per heavy atom. The number of benzene rings is 1. The van der Waals surface area contributed by atoms with E-state index in [0.717, 1.165) is 33.3 Å². The minimum atomic E-state index is -0.153. The average Bonchev–Trinajstić information content (AvgIpc) is 3.41. The van der Waals surface area contributed by atoms with Crippen molar-refractivity contribution in [2.75, 3.05) is 30.0 Å². The molecule has 4 aromatic rings. The molecule has 0 aliphatic heterocycles. The van der Waals surface area contributed by atoms with Crippen LogP contribution in [0.15, 0.2) is 41.8 Å². The molecule has 0 unspecified atom stereocenters. The molecular weight excluding hydrogens is 432 g/mol. The van der Waals surface area contributed by atoms with Crippen LogP contribution < -0.4 is 10.6 Å². The highest BCUT2D eigenvalue weighted by Gasteiger charge is 2.14. The summed E-state index contributed by atoms with van der Waals surface area (Å²) in [6.07, 6.45) is 7.05. The maximum atomic E-state index is 12.7. The van der Waals surface area contributed by atoms with Gasteiger partial charge in [0.05, 0.1) is 10.2 Å². The van der Waals surface area contributed by atoms with Crippen LogP contribution in [-0.2, 0) is 0 Å². The van der Waals surface area contributed by atoms with Crippen LogP contribution in [0.4, 0.5) is 11.1 Å². The number of carbonyl (C=O) groups is 1. The normalized spacial score (nSPS) is 12.1. The van der Waals surface area contributed by atoms with Gasteiger partial charge in [-0.1, -0.05) is 18.3 Å². The lowest BCUT2D eigenvalue weighted by molar-refractivity contribution is 0.0957. The summed E-state index contributed by atoms with van der Waals surface area (Å²) in [5, 5.41) is 15.1. The van der Waals surface area contributed by atoms with Crippen molar-refractivity contribution in [2.45, 2.75) is 18.7 Å². The largest absolute Gasteiger partial charge is 0.361 e. The summed E-state index contributed by atoms with van der Waals surface area (Å²) in [6, 6.07) is 5.51. The van der Waals surface area contributed by atoms with E-state index in [2.05, 4.69) is 42.7 Å². The summed E-state index contributed by atoms with van der Waals surface area (Å²) < 4.78 is 2.39. The molecule has 0 bridgehead atoms. The van der Waals surface area contributed by atoms with E-state index in [-0.39, 0.29) is 5.91 Å². The van der Waals surface area contributed by atoms with Crippen molar-refractivity contribution in [1.29, 1.82) is 0 Å². The number of aromatic nitrogens is 6. The van der Waals surface area contributed by atoms with Gasteiger partial charge in [-0.25, -0.2) is 15.0 Å². The van der Waals surface area contributed by atoms with Gasteiger partial charge < -0.3 is 10.6 Å². The molecule has 2 N–H and O–H groups in total. The molecule has 9 nitrogen and oxygen atoms in total. The van der Waals surface area contributed by atoms with E-state index in [4.69, 9.17) is 0 Å². The number of nitrogens with one attached hydrogen (secondary N) is 2. The lowest BCUT2D eigenvalue weighted by Gasteiger charge is -2.13. The molecule has 0 saturated heterocycles. The molecule has 0 fully saturated rings. The summed E-state index contributed by atoms with van der Waals surface area (Å²) >= 11 is 3.15. The van der Waals surface area contributed by atoms with Gasteiger partial charge in [0.25, 0.3) is 5.91 Å². The molecule has 160 valence electrons. The summed E-state index contributed by atoms with van der Waals surface area (Å²) in [6.45, 7) is 5.39. The predicted octanol–water partition coefficient (Wildman–Crippen LogP) is 3.56. The Bertz CT molecular complexity index is 1190. The molecule has 0 aliphatic carbocycles. The number of hydrogen-bond donors (Lipinski definition) is 2. The maximum absolute atomic E-state index is 12.7. The van der Waals surface area contributed by atoms with Gasteiger partial charge in [0, 0.05) is 35.9 Å². The zero-order valence-corrected chi connectivity index (χ0v) is 19.0. The zero-order valence-electron chi connectivity index (χ0n) is 17.4. The van der Waals surface area contributed by atoms with Gasteiger partial charge in [0.15, 0.2) is 5.13 Å². The van der Waals surface area contributed by atoms with Gasteiger partial charge >= 0.3 is 0 Å². The van der Waals surface area contributed by atoms with Gasteiger partial charge in [0.1, 0.15) is 12.2 Å². The SMILES string of the molecule is CSc1cnc(NC[C@H](C)CNc2nc3ccc(C(=O)n4cnnc4C)cc3s2)nc1. The van der Waals surface area contributed by atoms with Crippen molar-refractivity contribution in [3.8, 4) is 0 Å². The van der Waals surface area contributed by atoms with Crippen LogP contribution in [-0.4, -0.2) is 55.0 Å². The van der Waals surface area contributed by atoms with Gasteiger partial charge in [0.2, 0.25) is 5.95 Å². The number of thioether (sulfide) groups is 1. The van der Waals surface area contributed by atoms with Gasteiger partial charge in [-0.3, -0.25) is 9.36 Å². The smallest absolute Gasteiger partial charge is 0.264 e. The highest BCUT2D eigenvalue weighted by molar-refractivity contribution is 7.98. The van der Waals surface area contributed by atoms with Crippen molar-refractivity contribution in [2.24, 2.45) is 5.92 Å². The second kappa shape index (κ2) is 9.40. The molecule has 11 heteroatoms. The third kappa shape index (κ3) is 5.00. The van der Waals surface area contributed by atoms with Crippen molar-refractivity contribution >= 4 is 50.3 Å². The minimum absolute atomic E-state index is 0.153. The first-order valence-electron chi connectivity index (χ1n) is 9.69. The molecule has 3 aromatic heterocycles. The van der Waals surface area contributed by atoms with E-state index >= 15 is 0 Å². The van der Waals surface area contributed by atoms with Crippen molar-refractivity contribution < 1.29 is 4.79 Å². The lowest BCUT2D eigenvalue weighted by atomic mass is 10.2. The Morgan fingerprint density at radius 3 is 2.71 bits per heavy atom. The monoisotopic (exact) mass is 454 g/mol. The van der Waals surface area contributed by atoms with Crippen LogP contribution in [0.1, 0.15) is 23.1 Å². The second-order valence-electron chi connectivity index (χ2n) is 7.07. The topological polar surface area (TPSA) is 111 Å². The second-order valence-corrected chi connectivity index (χ2v) is 8.98. The van der Waals surface area contributed by atoms with E-state index in [1.54, 1.807) is 24.8 Å². The first kappa shape index (κ1) is 21.2. The Morgan fingerprint density at radius 2 is 2.00 bits per heavy atom. The van der Waals surface area contributed by atoms with Crippen LogP contribution in [0, 0.1) is 12.8 Å². The van der Waals surface area contributed by atoms with Crippen LogP contribution >= 0.6 is 23.1 Å². The fourth-order valence-corrected chi connectivity index (χ4v) is 4.10. The Labute approximate surface area is 187 Å². The van der Waals surface area contributed by atoms with E-state index in [1.807, 2.05) is 30.8 Å². The van der Waals surface area contributed by atoms with Crippen molar-refractivity contribution in [3.63, 3.8) is 0 Å². The number of aryl methyl sites for hydroxylation is 1. The van der Waals surface area contributed by atoms with Gasteiger partial charge in [-0.05, 0) is 37.3 Å². The molecule has 0 spiro atoms. The minimum Gasteiger partial charge on any atom is -0.361 e. The van der Waals surface area contributed by atoms with Gasteiger partial charge in [-0.15, -0.1) is 22.0 Å². The highest BCUT2D eigenvalue weighted by atomic mass is 32.2. The number of anilines is 2. The first-order valence-corrected chi connectivity index (χ1v) is 11.7. The summed E-state index contributed by atoms with van der Waals surface area (Å²) in [4.78, 5) is 26.9. The van der Waals surface area contributed by atoms with E-state index in [1.165, 1.54) is 22.2 Å². The maximum Gasteiger partial charge on any atom is 0.264 e. The zero-order chi connectivity index (χ0) is 21.8. The summed E-state index contributed by atoms with van der Waals surface area (Å²) in [7, 11) is 0. The molecule has 3 heterocycles. The molecule has 0 aliphatic rings. The average molecular weight is 455 g/mol. The molecular formula is C20H22N8OS2. The lowest BCUT2D eigenvalue weighted by Crippen LogP contribution is -2.20. The van der Waals surface area contributed by atoms with Crippen LogP contribution in [0.2, 0.25) is 0 Å². The first-order chi connectivity index (χ1) is 15.0. The molecule has 1 atom stereocenters. The number of rotatable bonds is 8. The summed E-state index contributed by atoms with van der Waals surface area (Å²) in [5.41, 5.74) is 1.44. The fourth-order valence-electron chi connectivity index (χ4n) is 2.88. The standard InChI is InChI=1S/C20H22N8OS2/c1-12(7-21-19-22-9-15(30-3)10-23-19)8-24-20-26-16-5-4-14(6-17(16)31-20)18(29)28-11-25-27-13(28)2/h4-6,9-12H,7-8H2,1-3H3,(H,24,26)(H,21,22,23)/t12-/m0/s1. The van der Waals surface area contributed by atoms with Crippen LogP contribution in [0.25, 0.3) is 10.2 Å². The van der Waals surface area contributed by atoms with E-state index in [9.17, 15) is 4.79 Å². The third-order valence-corrected chi connectivity index (χ3v) is 6.30. The number of fused-ring (bicyclic) bond motifs is 1. The number of carbonyl (C=O) groups excluding carboxylic acids is 1. The number of nitrogens with zero attached hydrogens (tertiary/aromatic N) is 6. The van der Waals surface area contributed by atoms with Crippen molar-refractivity contribution in [3.05, 3.63) is 48.3 Å². The van der Waals surface area contributed by atoms with Crippen LogP contribution in [0.5, 0.6) is 0 Å².